The number of aliphatic hydroxyl groups excluding tert-OH is 2. The second-order valence-corrected chi connectivity index (χ2v) is 2.29. The average Bonchev–Trinajstić information content (AvgIpc) is 1.84. The van der Waals surface area contributed by atoms with Crippen LogP contribution in [0.4, 0.5) is 0 Å². The van der Waals surface area contributed by atoms with Crippen LogP contribution in [-0.2, 0) is 0 Å². The Kier molecular flexibility index (Phi) is 3.77. The number of hydrogen-bond donors (Lipinski definition) is 3. The third-order valence-corrected chi connectivity index (χ3v) is 1.42. The first kappa shape index (κ1) is 8.88. The van der Waals surface area contributed by atoms with Gasteiger partial charge in [0, 0.05) is 0 Å². The highest BCUT2D eigenvalue weighted by Gasteiger charge is 2.16. The zero-order valence-corrected chi connectivity index (χ0v) is 5.91. The maximum absolute atomic E-state index is 9.01. The van der Waals surface area contributed by atoms with Gasteiger partial charge in [-0.2, -0.15) is 0 Å². The van der Waals surface area contributed by atoms with E-state index in [1.807, 2.05) is 6.92 Å². The fourth-order valence-electron chi connectivity index (χ4n) is 0.594. The Hall–Kier alpha value is -0.120. The van der Waals surface area contributed by atoms with E-state index in [9.17, 15) is 0 Å². The van der Waals surface area contributed by atoms with Gasteiger partial charge in [-0.25, -0.2) is 0 Å². The van der Waals surface area contributed by atoms with Crippen LogP contribution in [0.2, 0.25) is 0 Å². The van der Waals surface area contributed by atoms with Crippen molar-refractivity contribution >= 4 is 0 Å². The fraction of sp³-hybridized carbons (Fsp3) is 1.00. The van der Waals surface area contributed by atoms with Gasteiger partial charge >= 0.3 is 0 Å². The lowest BCUT2D eigenvalue weighted by Crippen LogP contribution is -2.42. The number of rotatable bonds is 3. The zero-order valence-electron chi connectivity index (χ0n) is 5.91. The lowest BCUT2D eigenvalue weighted by Gasteiger charge is -2.19. The monoisotopic (exact) mass is 133 g/mol. The molecule has 0 aromatic rings. The molecule has 0 aromatic heterocycles. The minimum atomic E-state index is -0.625. The van der Waals surface area contributed by atoms with Gasteiger partial charge in [0.25, 0.3) is 0 Å². The number of hydrogen-bond acceptors (Lipinski definition) is 3. The Labute approximate surface area is 55.5 Å². The van der Waals surface area contributed by atoms with Gasteiger partial charge in [0.05, 0.1) is 18.2 Å². The first-order chi connectivity index (χ1) is 4.09. The Bertz CT molecular complexity index is 75.5. The highest BCUT2D eigenvalue weighted by molar-refractivity contribution is 4.74. The van der Waals surface area contributed by atoms with Gasteiger partial charge in [0.15, 0.2) is 0 Å². The number of aliphatic hydroxyl groups is 2. The summed E-state index contributed by atoms with van der Waals surface area (Å²) in [4.78, 5) is 0. The molecule has 0 fully saturated rings. The minimum absolute atomic E-state index is 0.505. The molecule has 0 radical (unpaired) electrons. The van der Waals surface area contributed by atoms with E-state index in [4.69, 9.17) is 15.9 Å². The van der Waals surface area contributed by atoms with Crippen LogP contribution in [0.5, 0.6) is 0 Å². The largest absolute Gasteiger partial charge is 0.392 e. The smallest absolute Gasteiger partial charge is 0.0713 e. The molecule has 0 amide bonds. The molecule has 0 heterocycles. The molecule has 0 saturated carbocycles. The molecule has 0 aliphatic heterocycles. The van der Waals surface area contributed by atoms with E-state index in [2.05, 4.69) is 0 Å². The molecule has 0 saturated heterocycles. The van der Waals surface area contributed by atoms with Crippen LogP contribution >= 0.6 is 0 Å². The van der Waals surface area contributed by atoms with E-state index < -0.39 is 18.2 Å². The molecule has 3 atom stereocenters. The van der Waals surface area contributed by atoms with Crippen LogP contribution in [0.15, 0.2) is 0 Å². The van der Waals surface area contributed by atoms with Crippen LogP contribution in [0, 0.1) is 0 Å². The average molecular weight is 133 g/mol. The van der Waals surface area contributed by atoms with Crippen molar-refractivity contribution in [3.63, 3.8) is 0 Å². The summed E-state index contributed by atoms with van der Waals surface area (Å²) in [6, 6.07) is -0.505. The third kappa shape index (κ3) is 2.79. The molecule has 3 unspecified atom stereocenters. The van der Waals surface area contributed by atoms with Gasteiger partial charge in [-0.1, -0.05) is 6.92 Å². The van der Waals surface area contributed by atoms with E-state index in [-0.39, 0.29) is 0 Å². The Morgan fingerprint density at radius 3 is 2.00 bits per heavy atom. The summed E-state index contributed by atoms with van der Waals surface area (Å²) in [7, 11) is 0. The van der Waals surface area contributed by atoms with Crippen molar-refractivity contribution in [2.75, 3.05) is 0 Å². The summed E-state index contributed by atoms with van der Waals surface area (Å²) in [6.45, 7) is 3.40. The fourth-order valence-corrected chi connectivity index (χ4v) is 0.594. The topological polar surface area (TPSA) is 66.5 Å². The van der Waals surface area contributed by atoms with Gasteiger partial charge in [0.2, 0.25) is 0 Å². The second kappa shape index (κ2) is 3.82. The van der Waals surface area contributed by atoms with E-state index in [1.165, 1.54) is 0 Å². The van der Waals surface area contributed by atoms with Crippen molar-refractivity contribution in [2.45, 2.75) is 38.5 Å². The summed E-state index contributed by atoms with van der Waals surface area (Å²) >= 11 is 0. The molecular formula is C6H15NO2. The predicted octanol–water partition coefficient (Wildman–Crippen LogP) is -0.535. The molecular weight excluding hydrogens is 118 g/mol. The van der Waals surface area contributed by atoms with Crippen molar-refractivity contribution in [3.8, 4) is 0 Å². The maximum Gasteiger partial charge on any atom is 0.0713 e. The molecule has 0 bridgehead atoms. The molecule has 0 aliphatic carbocycles. The highest BCUT2D eigenvalue weighted by Crippen LogP contribution is 1.99. The first-order valence-corrected chi connectivity index (χ1v) is 3.21. The van der Waals surface area contributed by atoms with E-state index in [1.54, 1.807) is 6.92 Å². The SMILES string of the molecule is CCC(O)C(N)C(C)O. The quantitative estimate of drug-likeness (QED) is 0.484. The highest BCUT2D eigenvalue weighted by atomic mass is 16.3. The molecule has 3 heteroatoms. The van der Waals surface area contributed by atoms with Gasteiger partial charge in [-0.15, -0.1) is 0 Å². The molecule has 0 rings (SSSR count). The van der Waals surface area contributed by atoms with Crippen molar-refractivity contribution in [1.29, 1.82) is 0 Å². The minimum Gasteiger partial charge on any atom is -0.392 e. The van der Waals surface area contributed by atoms with Crippen LogP contribution in [0.3, 0.4) is 0 Å². The van der Waals surface area contributed by atoms with Crippen LogP contribution < -0.4 is 5.73 Å². The zero-order chi connectivity index (χ0) is 7.44. The maximum atomic E-state index is 9.01. The Morgan fingerprint density at radius 1 is 1.44 bits per heavy atom. The van der Waals surface area contributed by atoms with Crippen molar-refractivity contribution in [2.24, 2.45) is 5.73 Å². The lowest BCUT2D eigenvalue weighted by atomic mass is 10.1. The molecule has 3 nitrogen and oxygen atoms in total. The molecule has 4 N–H and O–H groups in total. The van der Waals surface area contributed by atoms with Gasteiger partial charge in [0.1, 0.15) is 0 Å². The molecule has 0 aliphatic rings. The van der Waals surface area contributed by atoms with Crippen LogP contribution in [0.1, 0.15) is 20.3 Å². The van der Waals surface area contributed by atoms with Crippen molar-refractivity contribution in [1.82, 2.24) is 0 Å². The summed E-state index contributed by atoms with van der Waals surface area (Å²) in [5.74, 6) is 0. The summed E-state index contributed by atoms with van der Waals surface area (Å²) in [5, 5.41) is 17.8. The normalized spacial score (nSPS) is 21.0. The van der Waals surface area contributed by atoms with Gasteiger partial charge < -0.3 is 15.9 Å². The number of nitrogens with two attached hydrogens (primary N) is 1. The standard InChI is InChI=1S/C6H15NO2/c1-3-5(9)6(7)4(2)8/h4-6,8-9H,3,7H2,1-2H3. The van der Waals surface area contributed by atoms with E-state index >= 15 is 0 Å². The molecule has 0 aromatic carbocycles. The second-order valence-electron chi connectivity index (χ2n) is 2.29. The molecule has 0 spiro atoms. The van der Waals surface area contributed by atoms with Crippen molar-refractivity contribution < 1.29 is 10.2 Å². The van der Waals surface area contributed by atoms with E-state index in [0.717, 1.165) is 0 Å². The Morgan fingerprint density at radius 2 is 1.89 bits per heavy atom. The van der Waals surface area contributed by atoms with Crippen LogP contribution in [0.25, 0.3) is 0 Å². The van der Waals surface area contributed by atoms with Crippen molar-refractivity contribution in [3.05, 3.63) is 0 Å². The molecule has 56 valence electrons. The van der Waals surface area contributed by atoms with Crippen LogP contribution in [-0.4, -0.2) is 28.5 Å². The summed E-state index contributed by atoms with van der Waals surface area (Å²) in [5.41, 5.74) is 5.37. The van der Waals surface area contributed by atoms with E-state index in [0.29, 0.717) is 6.42 Å². The van der Waals surface area contributed by atoms with Gasteiger partial charge in [-0.05, 0) is 13.3 Å². The first-order valence-electron chi connectivity index (χ1n) is 3.21. The predicted molar refractivity (Wildman–Crippen MR) is 36.0 cm³/mol. The Balaban J connectivity index is 3.58. The summed E-state index contributed by atoms with van der Waals surface area (Å²) in [6.07, 6.45) is -0.614. The lowest BCUT2D eigenvalue weighted by molar-refractivity contribution is 0.0633. The third-order valence-electron chi connectivity index (χ3n) is 1.42. The molecule has 9 heavy (non-hydrogen) atoms. The van der Waals surface area contributed by atoms with Gasteiger partial charge in [-0.3, -0.25) is 0 Å². The summed E-state index contributed by atoms with van der Waals surface area (Å²) < 4.78 is 0.